The summed E-state index contributed by atoms with van der Waals surface area (Å²) >= 11 is 1.75. The molecule has 1 aromatic heterocycles. The molecule has 2 N–H and O–H groups in total. The second-order valence-electron chi connectivity index (χ2n) is 4.98. The SMILES string of the molecule is OCCC#Cc1csc(CN2CCC(CO)CC2)c1. The van der Waals surface area contributed by atoms with Gasteiger partial charge < -0.3 is 10.2 Å². The predicted molar refractivity (Wildman–Crippen MR) is 78.0 cm³/mol. The van der Waals surface area contributed by atoms with Crippen LogP contribution in [0.5, 0.6) is 0 Å². The van der Waals surface area contributed by atoms with Crippen molar-refractivity contribution in [1.82, 2.24) is 4.90 Å². The molecule has 2 heterocycles. The Labute approximate surface area is 118 Å². The van der Waals surface area contributed by atoms with Crippen LogP contribution in [-0.2, 0) is 6.54 Å². The minimum Gasteiger partial charge on any atom is -0.396 e. The quantitative estimate of drug-likeness (QED) is 0.824. The molecule has 1 fully saturated rings. The van der Waals surface area contributed by atoms with E-state index in [1.54, 1.807) is 11.3 Å². The lowest BCUT2D eigenvalue weighted by molar-refractivity contribution is 0.128. The van der Waals surface area contributed by atoms with Gasteiger partial charge in [-0.3, -0.25) is 4.90 Å². The Kier molecular flexibility index (Phi) is 5.87. The van der Waals surface area contributed by atoms with Gasteiger partial charge in [0.05, 0.1) is 6.61 Å². The summed E-state index contributed by atoms with van der Waals surface area (Å²) in [6.45, 7) is 3.61. The average Bonchev–Trinajstić information content (AvgIpc) is 2.88. The van der Waals surface area contributed by atoms with E-state index in [1.807, 2.05) is 0 Å². The lowest BCUT2D eigenvalue weighted by Gasteiger charge is -2.30. The largest absolute Gasteiger partial charge is 0.396 e. The first-order valence-corrected chi connectivity index (χ1v) is 7.70. The smallest absolute Gasteiger partial charge is 0.0540 e. The Morgan fingerprint density at radius 2 is 2.11 bits per heavy atom. The summed E-state index contributed by atoms with van der Waals surface area (Å²) < 4.78 is 0. The molecular weight excluding hydrogens is 258 g/mol. The van der Waals surface area contributed by atoms with Gasteiger partial charge in [0.15, 0.2) is 0 Å². The molecule has 1 aromatic rings. The van der Waals surface area contributed by atoms with Crippen LogP contribution < -0.4 is 0 Å². The first kappa shape index (κ1) is 14.5. The Balaban J connectivity index is 1.82. The van der Waals surface area contributed by atoms with Gasteiger partial charge in [0.25, 0.3) is 0 Å². The number of nitrogens with zero attached hydrogens (tertiary/aromatic N) is 1. The molecular formula is C15H21NO2S. The van der Waals surface area contributed by atoms with Gasteiger partial charge in [0, 0.05) is 35.4 Å². The van der Waals surface area contributed by atoms with Crippen LogP contribution in [0.15, 0.2) is 11.4 Å². The maximum atomic E-state index is 9.12. The van der Waals surface area contributed by atoms with Crippen LogP contribution in [-0.4, -0.2) is 41.4 Å². The monoisotopic (exact) mass is 279 g/mol. The number of aliphatic hydroxyl groups is 2. The van der Waals surface area contributed by atoms with E-state index in [0.29, 0.717) is 18.9 Å². The summed E-state index contributed by atoms with van der Waals surface area (Å²) in [6, 6.07) is 2.15. The first-order valence-electron chi connectivity index (χ1n) is 6.82. The van der Waals surface area contributed by atoms with Crippen LogP contribution in [0, 0.1) is 17.8 Å². The summed E-state index contributed by atoms with van der Waals surface area (Å²) in [6.07, 6.45) is 2.75. The van der Waals surface area contributed by atoms with Crippen molar-refractivity contribution >= 4 is 11.3 Å². The van der Waals surface area contributed by atoms with Gasteiger partial charge >= 0.3 is 0 Å². The number of thiophene rings is 1. The number of piperidine rings is 1. The van der Waals surface area contributed by atoms with Crippen molar-refractivity contribution in [1.29, 1.82) is 0 Å². The second-order valence-corrected chi connectivity index (χ2v) is 5.97. The minimum absolute atomic E-state index is 0.129. The molecule has 1 saturated heterocycles. The highest BCUT2D eigenvalue weighted by Gasteiger charge is 2.18. The Morgan fingerprint density at radius 1 is 1.32 bits per heavy atom. The van der Waals surface area contributed by atoms with E-state index in [9.17, 15) is 0 Å². The highest BCUT2D eigenvalue weighted by atomic mass is 32.1. The molecule has 0 atom stereocenters. The molecule has 0 radical (unpaired) electrons. The van der Waals surface area contributed by atoms with E-state index < -0.39 is 0 Å². The van der Waals surface area contributed by atoms with Crippen LogP contribution >= 0.6 is 11.3 Å². The van der Waals surface area contributed by atoms with Gasteiger partial charge in [-0.25, -0.2) is 0 Å². The maximum absolute atomic E-state index is 9.12. The van der Waals surface area contributed by atoms with Gasteiger partial charge in [0.1, 0.15) is 0 Å². The molecule has 0 saturated carbocycles. The molecule has 4 heteroatoms. The summed E-state index contributed by atoms with van der Waals surface area (Å²) in [5.41, 5.74) is 1.05. The molecule has 0 unspecified atom stereocenters. The molecule has 104 valence electrons. The van der Waals surface area contributed by atoms with Crippen LogP contribution in [0.4, 0.5) is 0 Å². The molecule has 2 rings (SSSR count). The van der Waals surface area contributed by atoms with Crippen LogP contribution in [0.2, 0.25) is 0 Å². The van der Waals surface area contributed by atoms with E-state index in [0.717, 1.165) is 38.0 Å². The van der Waals surface area contributed by atoms with Crippen molar-refractivity contribution in [3.8, 4) is 11.8 Å². The summed E-state index contributed by atoms with van der Waals surface area (Å²) in [7, 11) is 0. The van der Waals surface area contributed by atoms with Crippen LogP contribution in [0.1, 0.15) is 29.7 Å². The fourth-order valence-electron chi connectivity index (χ4n) is 2.30. The predicted octanol–water partition coefficient (Wildman–Crippen LogP) is 1.69. The number of hydrogen-bond acceptors (Lipinski definition) is 4. The topological polar surface area (TPSA) is 43.7 Å². The number of likely N-dealkylation sites (tertiary alicyclic amines) is 1. The Hall–Kier alpha value is -0.860. The third-order valence-electron chi connectivity index (χ3n) is 3.47. The third kappa shape index (κ3) is 4.63. The third-order valence-corrected chi connectivity index (χ3v) is 4.39. The van der Waals surface area contributed by atoms with Crippen molar-refractivity contribution in [2.24, 2.45) is 5.92 Å². The zero-order chi connectivity index (χ0) is 13.5. The lowest BCUT2D eigenvalue weighted by atomic mass is 9.98. The van der Waals surface area contributed by atoms with Crippen molar-refractivity contribution < 1.29 is 10.2 Å². The fourth-order valence-corrected chi connectivity index (χ4v) is 3.15. The van der Waals surface area contributed by atoms with Crippen molar-refractivity contribution in [2.75, 3.05) is 26.3 Å². The molecule has 0 spiro atoms. The van der Waals surface area contributed by atoms with Crippen molar-refractivity contribution in [3.05, 3.63) is 21.9 Å². The lowest BCUT2D eigenvalue weighted by Crippen LogP contribution is -2.34. The summed E-state index contributed by atoms with van der Waals surface area (Å²) in [5, 5.41) is 19.9. The van der Waals surface area contributed by atoms with Gasteiger partial charge in [-0.15, -0.1) is 11.3 Å². The minimum atomic E-state index is 0.129. The maximum Gasteiger partial charge on any atom is 0.0540 e. The Bertz CT molecular complexity index is 438. The fraction of sp³-hybridized carbons (Fsp3) is 0.600. The van der Waals surface area contributed by atoms with Crippen molar-refractivity contribution in [3.63, 3.8) is 0 Å². The van der Waals surface area contributed by atoms with E-state index in [2.05, 4.69) is 28.2 Å². The molecule has 19 heavy (non-hydrogen) atoms. The molecule has 1 aliphatic heterocycles. The zero-order valence-corrected chi connectivity index (χ0v) is 12.0. The zero-order valence-electron chi connectivity index (χ0n) is 11.1. The highest BCUT2D eigenvalue weighted by Crippen LogP contribution is 2.21. The van der Waals surface area contributed by atoms with E-state index in [-0.39, 0.29) is 6.61 Å². The van der Waals surface area contributed by atoms with Gasteiger partial charge in [0.2, 0.25) is 0 Å². The standard InChI is InChI=1S/C15H21NO2S/c17-8-2-1-3-14-9-15(19-12-14)10-16-6-4-13(11-18)5-7-16/h9,12-13,17-18H,2,4-8,10-11H2. The molecule has 0 aliphatic carbocycles. The van der Waals surface area contributed by atoms with E-state index in [4.69, 9.17) is 10.2 Å². The number of hydrogen-bond donors (Lipinski definition) is 2. The van der Waals surface area contributed by atoms with E-state index in [1.165, 1.54) is 4.88 Å². The van der Waals surface area contributed by atoms with Crippen molar-refractivity contribution in [2.45, 2.75) is 25.8 Å². The molecule has 1 aliphatic rings. The number of rotatable bonds is 4. The van der Waals surface area contributed by atoms with Crippen LogP contribution in [0.3, 0.4) is 0 Å². The number of aliphatic hydroxyl groups excluding tert-OH is 2. The normalized spacial score (nSPS) is 17.2. The molecule has 3 nitrogen and oxygen atoms in total. The molecule has 0 amide bonds. The summed E-state index contributed by atoms with van der Waals surface area (Å²) in [4.78, 5) is 3.79. The van der Waals surface area contributed by atoms with Gasteiger partial charge in [-0.1, -0.05) is 11.8 Å². The van der Waals surface area contributed by atoms with Crippen LogP contribution in [0.25, 0.3) is 0 Å². The molecule has 0 aromatic carbocycles. The Morgan fingerprint density at radius 3 is 2.79 bits per heavy atom. The first-order chi connectivity index (χ1) is 9.31. The second kappa shape index (κ2) is 7.66. The molecule has 0 bridgehead atoms. The van der Waals surface area contributed by atoms with Gasteiger partial charge in [-0.2, -0.15) is 0 Å². The van der Waals surface area contributed by atoms with E-state index >= 15 is 0 Å². The highest BCUT2D eigenvalue weighted by molar-refractivity contribution is 7.10. The van der Waals surface area contributed by atoms with Gasteiger partial charge in [-0.05, 0) is 37.9 Å². The summed E-state index contributed by atoms with van der Waals surface area (Å²) in [5.74, 6) is 6.51. The average molecular weight is 279 g/mol.